The molecule has 0 bridgehead atoms. The van der Waals surface area contributed by atoms with Crippen LogP contribution in [0.3, 0.4) is 0 Å². The molecule has 0 radical (unpaired) electrons. The predicted molar refractivity (Wildman–Crippen MR) is 109 cm³/mol. The summed E-state index contributed by atoms with van der Waals surface area (Å²) in [6, 6.07) is 12.2. The van der Waals surface area contributed by atoms with Gasteiger partial charge >= 0.3 is 0 Å². The number of para-hydroxylation sites is 2. The second-order valence-corrected chi connectivity index (χ2v) is 6.95. The van der Waals surface area contributed by atoms with Crippen LogP contribution in [-0.2, 0) is 11.3 Å². The molecule has 1 N–H and O–H groups in total. The summed E-state index contributed by atoms with van der Waals surface area (Å²) in [5.41, 5.74) is 1.61. The van der Waals surface area contributed by atoms with E-state index in [1.807, 2.05) is 17.0 Å². The molecule has 0 unspecified atom stereocenters. The molecule has 2 aromatic carbocycles. The number of carbonyl (C=O) groups is 1. The molecule has 0 atom stereocenters. The maximum absolute atomic E-state index is 12.6. The third-order valence-corrected chi connectivity index (χ3v) is 5.16. The SMILES string of the molecule is COc1cc(CNC(=O)C2CCN(c3ccccc3[N+](=O)[O-])CC2)cc(OC)c1. The molecule has 0 aliphatic carbocycles. The Morgan fingerprint density at radius 3 is 2.34 bits per heavy atom. The number of amides is 1. The second-order valence-electron chi connectivity index (χ2n) is 6.95. The molecule has 154 valence electrons. The van der Waals surface area contributed by atoms with Crippen molar-refractivity contribution in [2.45, 2.75) is 19.4 Å². The first kappa shape index (κ1) is 20.4. The topological polar surface area (TPSA) is 93.9 Å². The number of hydrogen-bond acceptors (Lipinski definition) is 6. The molecule has 0 saturated carbocycles. The number of rotatable bonds is 7. The molecule has 1 aliphatic heterocycles. The van der Waals surface area contributed by atoms with Crippen molar-refractivity contribution in [1.29, 1.82) is 0 Å². The molecule has 8 heteroatoms. The van der Waals surface area contributed by atoms with E-state index >= 15 is 0 Å². The van der Waals surface area contributed by atoms with E-state index in [-0.39, 0.29) is 22.4 Å². The lowest BCUT2D eigenvalue weighted by molar-refractivity contribution is -0.384. The van der Waals surface area contributed by atoms with E-state index in [2.05, 4.69) is 5.32 Å². The number of hydrogen-bond donors (Lipinski definition) is 1. The van der Waals surface area contributed by atoms with Crippen molar-refractivity contribution in [3.63, 3.8) is 0 Å². The fraction of sp³-hybridized carbons (Fsp3) is 0.381. The predicted octanol–water partition coefficient (Wildman–Crippen LogP) is 3.14. The number of nitro benzene ring substituents is 1. The molecule has 1 amide bonds. The zero-order valence-electron chi connectivity index (χ0n) is 16.6. The van der Waals surface area contributed by atoms with E-state index in [0.717, 1.165) is 5.56 Å². The lowest BCUT2D eigenvalue weighted by Gasteiger charge is -2.32. The molecule has 1 heterocycles. The van der Waals surface area contributed by atoms with Crippen LogP contribution >= 0.6 is 0 Å². The van der Waals surface area contributed by atoms with E-state index in [4.69, 9.17) is 9.47 Å². The van der Waals surface area contributed by atoms with Crippen molar-refractivity contribution in [2.24, 2.45) is 5.92 Å². The van der Waals surface area contributed by atoms with Crippen molar-refractivity contribution < 1.29 is 19.2 Å². The molecule has 2 aromatic rings. The largest absolute Gasteiger partial charge is 0.497 e. The zero-order chi connectivity index (χ0) is 20.8. The fourth-order valence-corrected chi connectivity index (χ4v) is 3.57. The molecule has 1 saturated heterocycles. The Labute approximate surface area is 169 Å². The maximum atomic E-state index is 12.6. The third kappa shape index (κ3) is 4.96. The molecule has 0 aromatic heterocycles. The molecule has 29 heavy (non-hydrogen) atoms. The van der Waals surface area contributed by atoms with Crippen LogP contribution in [-0.4, -0.2) is 38.1 Å². The van der Waals surface area contributed by atoms with E-state index in [9.17, 15) is 14.9 Å². The molecular formula is C21H25N3O5. The number of benzene rings is 2. The molecule has 0 spiro atoms. The van der Waals surface area contributed by atoms with Gasteiger partial charge in [0.1, 0.15) is 17.2 Å². The third-order valence-electron chi connectivity index (χ3n) is 5.16. The monoisotopic (exact) mass is 399 g/mol. The Bertz CT molecular complexity index is 856. The number of anilines is 1. The number of methoxy groups -OCH3 is 2. The van der Waals surface area contributed by atoms with Crippen LogP contribution in [0.25, 0.3) is 0 Å². The zero-order valence-corrected chi connectivity index (χ0v) is 16.6. The smallest absolute Gasteiger partial charge is 0.292 e. The van der Waals surface area contributed by atoms with E-state index < -0.39 is 0 Å². The molecule has 3 rings (SSSR count). The molecule has 1 aliphatic rings. The highest BCUT2D eigenvalue weighted by molar-refractivity contribution is 5.79. The van der Waals surface area contributed by atoms with Crippen molar-refractivity contribution >= 4 is 17.3 Å². The maximum Gasteiger partial charge on any atom is 0.292 e. The molecule has 8 nitrogen and oxygen atoms in total. The number of carbonyl (C=O) groups excluding carboxylic acids is 1. The summed E-state index contributed by atoms with van der Waals surface area (Å²) in [5, 5.41) is 14.2. The van der Waals surface area contributed by atoms with Gasteiger partial charge in [0.25, 0.3) is 5.69 Å². The minimum atomic E-state index is -0.365. The van der Waals surface area contributed by atoms with Gasteiger partial charge in [0.15, 0.2) is 0 Å². The summed E-state index contributed by atoms with van der Waals surface area (Å²) in [7, 11) is 3.17. The van der Waals surface area contributed by atoms with Gasteiger partial charge in [0, 0.05) is 37.7 Å². The Balaban J connectivity index is 1.56. The second kappa shape index (κ2) is 9.27. The molecule has 1 fully saturated rings. The Morgan fingerprint density at radius 1 is 1.14 bits per heavy atom. The minimum absolute atomic E-state index is 0.00556. The Hall–Kier alpha value is -3.29. The van der Waals surface area contributed by atoms with E-state index in [1.165, 1.54) is 6.07 Å². The summed E-state index contributed by atoms with van der Waals surface area (Å²) < 4.78 is 10.5. The summed E-state index contributed by atoms with van der Waals surface area (Å²) in [6.07, 6.45) is 1.30. The van der Waals surface area contributed by atoms with Gasteiger partial charge < -0.3 is 19.7 Å². The summed E-state index contributed by atoms with van der Waals surface area (Å²) in [4.78, 5) is 25.5. The van der Waals surface area contributed by atoms with Gasteiger partial charge in [-0.1, -0.05) is 12.1 Å². The van der Waals surface area contributed by atoms with Crippen LogP contribution in [0.1, 0.15) is 18.4 Å². The van der Waals surface area contributed by atoms with E-state index in [0.29, 0.717) is 49.7 Å². The first-order valence-electron chi connectivity index (χ1n) is 9.50. The van der Waals surface area contributed by atoms with Crippen LogP contribution in [0.4, 0.5) is 11.4 Å². The number of nitrogens with zero attached hydrogens (tertiary/aromatic N) is 2. The minimum Gasteiger partial charge on any atom is -0.497 e. The van der Waals surface area contributed by atoms with Crippen molar-refractivity contribution in [3.8, 4) is 11.5 Å². The van der Waals surface area contributed by atoms with Crippen molar-refractivity contribution in [1.82, 2.24) is 5.32 Å². The Morgan fingerprint density at radius 2 is 1.76 bits per heavy atom. The van der Waals surface area contributed by atoms with Gasteiger partial charge in [-0.15, -0.1) is 0 Å². The Kier molecular flexibility index (Phi) is 6.54. The van der Waals surface area contributed by atoms with E-state index in [1.54, 1.807) is 38.5 Å². The normalized spacial score (nSPS) is 14.3. The summed E-state index contributed by atoms with van der Waals surface area (Å²) in [6.45, 7) is 1.60. The molecular weight excluding hydrogens is 374 g/mol. The first-order chi connectivity index (χ1) is 14.0. The van der Waals surface area contributed by atoms with Crippen molar-refractivity contribution in [2.75, 3.05) is 32.2 Å². The van der Waals surface area contributed by atoms with Crippen LogP contribution in [0.5, 0.6) is 11.5 Å². The van der Waals surface area contributed by atoms with Gasteiger partial charge in [-0.2, -0.15) is 0 Å². The summed E-state index contributed by atoms with van der Waals surface area (Å²) in [5.74, 6) is 1.23. The van der Waals surface area contributed by atoms with Gasteiger partial charge in [0.2, 0.25) is 5.91 Å². The van der Waals surface area contributed by atoms with Gasteiger partial charge in [0.05, 0.1) is 19.1 Å². The van der Waals surface area contributed by atoms with Gasteiger partial charge in [-0.05, 0) is 36.6 Å². The highest BCUT2D eigenvalue weighted by Crippen LogP contribution is 2.31. The van der Waals surface area contributed by atoms with Crippen molar-refractivity contribution in [3.05, 3.63) is 58.1 Å². The van der Waals surface area contributed by atoms with Gasteiger partial charge in [-0.25, -0.2) is 0 Å². The lowest BCUT2D eigenvalue weighted by atomic mass is 9.95. The number of piperidine rings is 1. The highest BCUT2D eigenvalue weighted by atomic mass is 16.6. The van der Waals surface area contributed by atoms with Crippen LogP contribution in [0, 0.1) is 16.0 Å². The number of nitrogens with one attached hydrogen (secondary N) is 1. The van der Waals surface area contributed by atoms with Crippen LogP contribution in [0.2, 0.25) is 0 Å². The summed E-state index contributed by atoms with van der Waals surface area (Å²) >= 11 is 0. The standard InChI is InChI=1S/C21H25N3O5/c1-28-17-11-15(12-18(13-17)29-2)14-22-21(25)16-7-9-23(10-8-16)19-5-3-4-6-20(19)24(26)27/h3-6,11-13,16H,7-10,14H2,1-2H3,(H,22,25). The van der Waals surface area contributed by atoms with Crippen LogP contribution in [0.15, 0.2) is 42.5 Å². The highest BCUT2D eigenvalue weighted by Gasteiger charge is 2.27. The first-order valence-corrected chi connectivity index (χ1v) is 9.50. The number of ether oxygens (including phenoxy) is 2. The van der Waals surface area contributed by atoms with Crippen LogP contribution < -0.4 is 19.7 Å². The lowest BCUT2D eigenvalue weighted by Crippen LogP contribution is -2.40. The number of nitro groups is 1. The average Bonchev–Trinajstić information content (AvgIpc) is 2.77. The fourth-order valence-electron chi connectivity index (χ4n) is 3.57. The average molecular weight is 399 g/mol. The quantitative estimate of drug-likeness (QED) is 0.568. The van der Waals surface area contributed by atoms with Gasteiger partial charge in [-0.3, -0.25) is 14.9 Å².